The van der Waals surface area contributed by atoms with Crippen LogP contribution in [0, 0.1) is 13.8 Å². The number of hydrogen-bond donors (Lipinski definition) is 1. The first-order valence-corrected chi connectivity index (χ1v) is 9.86. The van der Waals surface area contributed by atoms with Gasteiger partial charge in [0.25, 0.3) is 0 Å². The number of aryl methyl sites for hydroxylation is 2. The zero-order chi connectivity index (χ0) is 18.1. The molecule has 0 spiro atoms. The minimum Gasteiger partial charge on any atom is -0.373 e. The zero-order valence-corrected chi connectivity index (χ0v) is 16.0. The summed E-state index contributed by atoms with van der Waals surface area (Å²) in [4.78, 5) is 21.5. The van der Waals surface area contributed by atoms with Crippen LogP contribution in [0.1, 0.15) is 16.3 Å². The van der Waals surface area contributed by atoms with E-state index in [0.29, 0.717) is 19.7 Å². The molecular formula is C19H24N4O2S. The fourth-order valence-corrected chi connectivity index (χ4v) is 4.34. The topological polar surface area (TPSA) is 57.7 Å². The van der Waals surface area contributed by atoms with Gasteiger partial charge < -0.3 is 15.0 Å². The van der Waals surface area contributed by atoms with Gasteiger partial charge in [0.2, 0.25) is 0 Å². The number of carbonyl (C=O) groups excluding carboxylic acids is 1. The third-order valence-electron chi connectivity index (χ3n) is 5.00. The molecule has 0 unspecified atom stereocenters. The Kier molecular flexibility index (Phi) is 4.93. The number of fused-ring (bicyclic) bond motifs is 1. The number of nitrogens with one attached hydrogen (secondary N) is 1. The Bertz CT molecular complexity index is 793. The van der Waals surface area contributed by atoms with Crippen LogP contribution in [0.3, 0.4) is 0 Å². The number of morpholine rings is 1. The van der Waals surface area contributed by atoms with E-state index in [4.69, 9.17) is 4.74 Å². The quantitative estimate of drug-likeness (QED) is 0.900. The molecule has 2 aliphatic rings. The van der Waals surface area contributed by atoms with Gasteiger partial charge in [0.15, 0.2) is 0 Å². The summed E-state index contributed by atoms with van der Waals surface area (Å²) in [5.74, 6) is 0. The Morgan fingerprint density at radius 3 is 3.04 bits per heavy atom. The summed E-state index contributed by atoms with van der Waals surface area (Å²) in [5.41, 5.74) is 3.07. The SMILES string of the molecule is Cc1cccc(NC(=O)N2C[C@@H]3OCCN(Cc4csc(C)n4)[C@@H]3C2)c1. The molecule has 26 heavy (non-hydrogen) atoms. The van der Waals surface area contributed by atoms with Crippen molar-refractivity contribution >= 4 is 23.1 Å². The first-order chi connectivity index (χ1) is 12.6. The summed E-state index contributed by atoms with van der Waals surface area (Å²) in [5, 5.41) is 6.22. The van der Waals surface area contributed by atoms with Gasteiger partial charge in [-0.15, -0.1) is 11.3 Å². The Morgan fingerprint density at radius 1 is 1.38 bits per heavy atom. The predicted octanol–water partition coefficient (Wildman–Crippen LogP) is 2.88. The van der Waals surface area contributed by atoms with Gasteiger partial charge in [-0.05, 0) is 31.5 Å². The van der Waals surface area contributed by atoms with Crippen molar-refractivity contribution < 1.29 is 9.53 Å². The molecule has 6 nitrogen and oxygen atoms in total. The van der Waals surface area contributed by atoms with Crippen LogP contribution >= 0.6 is 11.3 Å². The van der Waals surface area contributed by atoms with Crippen molar-refractivity contribution in [1.82, 2.24) is 14.8 Å². The number of carbonyl (C=O) groups is 1. The lowest BCUT2D eigenvalue weighted by molar-refractivity contribution is -0.0506. The smallest absolute Gasteiger partial charge is 0.321 e. The fourth-order valence-electron chi connectivity index (χ4n) is 3.73. The number of rotatable bonds is 3. The number of ether oxygens (including phenoxy) is 1. The minimum absolute atomic E-state index is 0.0574. The molecule has 1 N–H and O–H groups in total. The van der Waals surface area contributed by atoms with Crippen molar-refractivity contribution in [2.45, 2.75) is 32.5 Å². The average molecular weight is 372 g/mol. The Hall–Kier alpha value is -1.96. The number of likely N-dealkylation sites (tertiary alicyclic amines) is 1. The lowest BCUT2D eigenvalue weighted by Gasteiger charge is -2.36. The first-order valence-electron chi connectivity index (χ1n) is 8.98. The molecule has 2 atom stereocenters. The number of anilines is 1. The van der Waals surface area contributed by atoms with Crippen molar-refractivity contribution in [3.8, 4) is 0 Å². The van der Waals surface area contributed by atoms with Crippen molar-refractivity contribution in [2.24, 2.45) is 0 Å². The molecule has 0 saturated carbocycles. The van der Waals surface area contributed by atoms with Gasteiger partial charge in [0.05, 0.1) is 36.0 Å². The molecule has 2 aromatic rings. The summed E-state index contributed by atoms with van der Waals surface area (Å²) in [6.07, 6.45) is 0.0757. The second-order valence-corrected chi connectivity index (χ2v) is 8.07. The van der Waals surface area contributed by atoms with E-state index in [1.165, 1.54) is 0 Å². The number of hydrogen-bond acceptors (Lipinski definition) is 5. The highest BCUT2D eigenvalue weighted by molar-refractivity contribution is 7.09. The molecule has 2 amide bonds. The Balaban J connectivity index is 1.41. The van der Waals surface area contributed by atoms with E-state index < -0.39 is 0 Å². The molecule has 2 fully saturated rings. The van der Waals surface area contributed by atoms with Crippen molar-refractivity contribution in [3.63, 3.8) is 0 Å². The minimum atomic E-state index is -0.0574. The molecule has 2 saturated heterocycles. The Morgan fingerprint density at radius 2 is 2.27 bits per heavy atom. The van der Waals surface area contributed by atoms with E-state index in [0.717, 1.165) is 35.0 Å². The maximum Gasteiger partial charge on any atom is 0.321 e. The van der Waals surface area contributed by atoms with Gasteiger partial charge in [0.1, 0.15) is 0 Å². The van der Waals surface area contributed by atoms with Crippen LogP contribution in [0.4, 0.5) is 10.5 Å². The summed E-state index contributed by atoms with van der Waals surface area (Å²) in [6, 6.07) is 8.05. The van der Waals surface area contributed by atoms with Gasteiger partial charge >= 0.3 is 6.03 Å². The number of benzene rings is 1. The van der Waals surface area contributed by atoms with Gasteiger partial charge in [-0.1, -0.05) is 12.1 Å². The molecule has 0 radical (unpaired) electrons. The molecule has 1 aromatic heterocycles. The van der Waals surface area contributed by atoms with E-state index in [2.05, 4.69) is 20.6 Å². The molecule has 2 aliphatic heterocycles. The highest BCUT2D eigenvalue weighted by atomic mass is 32.1. The third kappa shape index (κ3) is 3.75. The third-order valence-corrected chi connectivity index (χ3v) is 5.83. The number of urea groups is 1. The van der Waals surface area contributed by atoms with Gasteiger partial charge in [-0.25, -0.2) is 9.78 Å². The number of nitrogens with zero attached hydrogens (tertiary/aromatic N) is 3. The lowest BCUT2D eigenvalue weighted by Crippen LogP contribution is -2.50. The van der Waals surface area contributed by atoms with Crippen LogP contribution in [-0.2, 0) is 11.3 Å². The maximum absolute atomic E-state index is 12.7. The fraction of sp³-hybridized carbons (Fsp3) is 0.474. The standard InChI is InChI=1S/C19H24N4O2S/c1-13-4-3-5-15(8-13)21-19(24)23-10-17-18(11-23)25-7-6-22(17)9-16-12-26-14(2)20-16/h3-5,8,12,17-18H,6-7,9-11H2,1-2H3,(H,21,24)/t17-,18+/m1/s1. The van der Waals surface area contributed by atoms with Gasteiger partial charge in [-0.3, -0.25) is 4.90 Å². The first kappa shape index (κ1) is 17.5. The van der Waals surface area contributed by atoms with Crippen molar-refractivity contribution in [1.29, 1.82) is 0 Å². The summed E-state index contributed by atoms with van der Waals surface area (Å²) in [7, 11) is 0. The van der Waals surface area contributed by atoms with Crippen molar-refractivity contribution in [2.75, 3.05) is 31.6 Å². The summed E-state index contributed by atoms with van der Waals surface area (Å²) in [6.45, 7) is 7.78. The molecule has 4 rings (SSSR count). The molecule has 3 heterocycles. The summed E-state index contributed by atoms with van der Waals surface area (Å²) < 4.78 is 5.94. The van der Waals surface area contributed by atoms with Crippen LogP contribution in [0.2, 0.25) is 0 Å². The van der Waals surface area contributed by atoms with Gasteiger partial charge in [-0.2, -0.15) is 0 Å². The molecule has 138 valence electrons. The molecule has 1 aromatic carbocycles. The maximum atomic E-state index is 12.7. The van der Waals surface area contributed by atoms with Crippen molar-refractivity contribution in [3.05, 3.63) is 45.9 Å². The van der Waals surface area contributed by atoms with Crippen LogP contribution in [0.25, 0.3) is 0 Å². The Labute approximate surface area is 157 Å². The number of thiazole rings is 1. The number of amides is 2. The highest BCUT2D eigenvalue weighted by Gasteiger charge is 2.41. The monoisotopic (exact) mass is 372 g/mol. The lowest BCUT2D eigenvalue weighted by atomic mass is 10.1. The van der Waals surface area contributed by atoms with E-state index in [1.54, 1.807) is 11.3 Å². The molecule has 0 aliphatic carbocycles. The van der Waals surface area contributed by atoms with Crippen LogP contribution in [0.5, 0.6) is 0 Å². The summed E-state index contributed by atoms with van der Waals surface area (Å²) >= 11 is 1.68. The largest absolute Gasteiger partial charge is 0.373 e. The second-order valence-electron chi connectivity index (χ2n) is 7.01. The van der Waals surface area contributed by atoms with E-state index in [1.807, 2.05) is 43.0 Å². The van der Waals surface area contributed by atoms with Gasteiger partial charge in [0, 0.05) is 30.7 Å². The van der Waals surface area contributed by atoms with Crippen LogP contribution in [0.15, 0.2) is 29.6 Å². The number of aromatic nitrogens is 1. The van der Waals surface area contributed by atoms with Crippen LogP contribution in [-0.4, -0.2) is 59.2 Å². The molecule has 0 bridgehead atoms. The highest BCUT2D eigenvalue weighted by Crippen LogP contribution is 2.25. The predicted molar refractivity (Wildman–Crippen MR) is 103 cm³/mol. The normalized spacial score (nSPS) is 23.1. The van der Waals surface area contributed by atoms with E-state index in [-0.39, 0.29) is 18.2 Å². The zero-order valence-electron chi connectivity index (χ0n) is 15.1. The average Bonchev–Trinajstić information content (AvgIpc) is 3.22. The second kappa shape index (κ2) is 7.34. The van der Waals surface area contributed by atoms with Crippen LogP contribution < -0.4 is 5.32 Å². The molecule has 7 heteroatoms. The van der Waals surface area contributed by atoms with E-state index in [9.17, 15) is 4.79 Å². The van der Waals surface area contributed by atoms with E-state index >= 15 is 0 Å². The molecular weight excluding hydrogens is 348 g/mol.